The fourth-order valence-corrected chi connectivity index (χ4v) is 6.58. The fourth-order valence-electron chi connectivity index (χ4n) is 5.54. The van der Waals surface area contributed by atoms with Crippen LogP contribution >= 0.6 is 0 Å². The minimum absolute atomic E-state index is 0.0271. The third kappa shape index (κ3) is 5.66. The molecule has 8 heteroatoms. The Labute approximate surface area is 240 Å². The average Bonchev–Trinajstić information content (AvgIpc) is 3.46. The van der Waals surface area contributed by atoms with E-state index in [4.69, 9.17) is 9.66 Å². The van der Waals surface area contributed by atoms with Gasteiger partial charge in [0.1, 0.15) is 11.4 Å². The Morgan fingerprint density at radius 2 is 1.59 bits per heavy atom. The number of hydrogen-bond acceptors (Lipinski definition) is 6. The first-order valence-corrected chi connectivity index (χ1v) is 15.3. The molecule has 0 saturated heterocycles. The van der Waals surface area contributed by atoms with Crippen LogP contribution in [0.15, 0.2) is 95.8 Å². The molecule has 0 bridgehead atoms. The number of nitrogens with one attached hydrogen (secondary N) is 1. The van der Waals surface area contributed by atoms with Gasteiger partial charge in [-0.3, -0.25) is 4.98 Å². The lowest BCUT2D eigenvalue weighted by molar-refractivity contribution is 0.427. The maximum absolute atomic E-state index is 11.5. The predicted molar refractivity (Wildman–Crippen MR) is 163 cm³/mol. The van der Waals surface area contributed by atoms with Gasteiger partial charge in [0.2, 0.25) is 10.0 Å². The minimum Gasteiger partial charge on any atom is -0.354 e. The van der Waals surface area contributed by atoms with Crippen LogP contribution in [-0.4, -0.2) is 24.3 Å². The Balaban J connectivity index is 1.20. The molecule has 6 rings (SSSR count). The molecule has 0 radical (unpaired) electrons. The smallest absolute Gasteiger partial charge is 0.209 e. The Hall–Kier alpha value is -4.27. The zero-order chi connectivity index (χ0) is 28.8. The Morgan fingerprint density at radius 3 is 2.27 bits per heavy atom. The van der Waals surface area contributed by atoms with E-state index < -0.39 is 10.0 Å². The number of rotatable bonds is 8. The maximum atomic E-state index is 11.5. The second kappa shape index (κ2) is 10.3. The van der Waals surface area contributed by atoms with E-state index in [0.717, 1.165) is 56.9 Å². The zero-order valence-electron chi connectivity index (χ0n) is 23.3. The van der Waals surface area contributed by atoms with Gasteiger partial charge in [-0.05, 0) is 59.9 Å². The largest absolute Gasteiger partial charge is 0.354 e. The first-order chi connectivity index (χ1) is 19.6. The van der Waals surface area contributed by atoms with Crippen LogP contribution < -0.4 is 10.5 Å². The van der Waals surface area contributed by atoms with Crippen molar-refractivity contribution >= 4 is 21.4 Å². The summed E-state index contributed by atoms with van der Waals surface area (Å²) < 4.78 is 28.8. The van der Waals surface area contributed by atoms with E-state index in [2.05, 4.69) is 90.0 Å². The van der Waals surface area contributed by atoms with Crippen molar-refractivity contribution in [2.45, 2.75) is 32.6 Å². The van der Waals surface area contributed by atoms with Gasteiger partial charge in [0, 0.05) is 17.3 Å². The van der Waals surface area contributed by atoms with Crippen molar-refractivity contribution in [3.63, 3.8) is 0 Å². The summed E-state index contributed by atoms with van der Waals surface area (Å²) in [7, 11) is -3.47. The molecule has 0 spiro atoms. The van der Waals surface area contributed by atoms with Crippen LogP contribution in [0.1, 0.15) is 30.2 Å². The monoisotopic (exact) mass is 564 g/mol. The van der Waals surface area contributed by atoms with E-state index in [-0.39, 0.29) is 17.1 Å². The molecule has 5 aromatic rings. The lowest BCUT2D eigenvalue weighted by Crippen LogP contribution is -2.20. The van der Waals surface area contributed by atoms with Crippen molar-refractivity contribution in [3.8, 4) is 33.6 Å². The first-order valence-electron chi connectivity index (χ1n) is 13.6. The zero-order valence-corrected chi connectivity index (χ0v) is 24.1. The molecular formula is C33H32N4O3S. The van der Waals surface area contributed by atoms with Gasteiger partial charge in [-0.1, -0.05) is 90.4 Å². The summed E-state index contributed by atoms with van der Waals surface area (Å²) in [5.74, 6) is 0.754. The highest BCUT2D eigenvalue weighted by molar-refractivity contribution is 7.89. The molecule has 208 valence electrons. The summed E-state index contributed by atoms with van der Waals surface area (Å²) in [6, 6.07) is 27.0. The Morgan fingerprint density at radius 1 is 0.902 bits per heavy atom. The standard InChI is InChI=1S/C33H32N4O3S/c1-21-5-4-6-26(15-21)27-16-30(19-35-18-27)36-31-22(2)37-40-32(31)25-9-7-23(8-10-25)24-11-13-28(14-12-24)33(3)17-29(33)20-41(34,38)39/h4-16,18-19,29,36H,17,20H2,1-3H3,(H2,34,38,39). The number of aromatic nitrogens is 2. The third-order valence-electron chi connectivity index (χ3n) is 8.09. The van der Waals surface area contributed by atoms with Gasteiger partial charge in [0.15, 0.2) is 5.76 Å². The van der Waals surface area contributed by atoms with Crippen LogP contribution in [-0.2, 0) is 15.4 Å². The minimum atomic E-state index is -3.47. The number of benzene rings is 3. The summed E-state index contributed by atoms with van der Waals surface area (Å²) in [6.45, 7) is 6.10. The van der Waals surface area contributed by atoms with Gasteiger partial charge in [-0.15, -0.1) is 0 Å². The van der Waals surface area contributed by atoms with Gasteiger partial charge in [-0.2, -0.15) is 0 Å². The number of aryl methyl sites for hydroxylation is 2. The van der Waals surface area contributed by atoms with Crippen molar-refractivity contribution in [2.24, 2.45) is 11.1 Å². The number of anilines is 2. The van der Waals surface area contributed by atoms with Crippen LogP contribution in [0, 0.1) is 19.8 Å². The molecule has 1 fully saturated rings. The second-order valence-electron chi connectivity index (χ2n) is 11.2. The summed E-state index contributed by atoms with van der Waals surface area (Å²) in [6.07, 6.45) is 4.48. The van der Waals surface area contributed by atoms with Crippen molar-refractivity contribution in [1.29, 1.82) is 0 Å². The first kappa shape index (κ1) is 26.9. The Kier molecular flexibility index (Phi) is 6.76. The van der Waals surface area contributed by atoms with Crippen LogP contribution in [0.2, 0.25) is 0 Å². The molecule has 2 atom stereocenters. The van der Waals surface area contributed by atoms with E-state index in [9.17, 15) is 8.42 Å². The molecule has 3 N–H and O–H groups in total. The van der Waals surface area contributed by atoms with Crippen molar-refractivity contribution < 1.29 is 12.9 Å². The number of nitrogens with zero attached hydrogens (tertiary/aromatic N) is 2. The highest BCUT2D eigenvalue weighted by Gasteiger charge is 2.52. The van der Waals surface area contributed by atoms with Gasteiger partial charge >= 0.3 is 0 Å². The van der Waals surface area contributed by atoms with Crippen LogP contribution in [0.5, 0.6) is 0 Å². The number of primary sulfonamides is 1. The molecule has 2 heterocycles. The molecular weight excluding hydrogens is 532 g/mol. The van der Waals surface area contributed by atoms with Gasteiger partial charge in [-0.25, -0.2) is 13.6 Å². The molecule has 41 heavy (non-hydrogen) atoms. The van der Waals surface area contributed by atoms with E-state index in [0.29, 0.717) is 5.76 Å². The highest BCUT2D eigenvalue weighted by atomic mass is 32.2. The van der Waals surface area contributed by atoms with Crippen LogP contribution in [0.4, 0.5) is 11.4 Å². The third-order valence-corrected chi connectivity index (χ3v) is 8.96. The molecule has 1 aliphatic carbocycles. The maximum Gasteiger partial charge on any atom is 0.209 e. The summed E-state index contributed by atoms with van der Waals surface area (Å²) in [5.41, 5.74) is 9.81. The Bertz CT molecular complexity index is 1830. The van der Waals surface area contributed by atoms with E-state index in [1.807, 2.05) is 31.3 Å². The molecule has 1 aliphatic rings. The van der Waals surface area contributed by atoms with Gasteiger partial charge in [0.25, 0.3) is 0 Å². The average molecular weight is 565 g/mol. The van der Waals surface area contributed by atoms with Crippen LogP contribution in [0.25, 0.3) is 33.6 Å². The van der Waals surface area contributed by atoms with Gasteiger partial charge in [0.05, 0.1) is 17.6 Å². The molecule has 2 aromatic heterocycles. The van der Waals surface area contributed by atoms with Crippen molar-refractivity contribution in [2.75, 3.05) is 11.1 Å². The number of sulfonamides is 1. The highest BCUT2D eigenvalue weighted by Crippen LogP contribution is 2.54. The molecule has 7 nitrogen and oxygen atoms in total. The molecule has 0 amide bonds. The van der Waals surface area contributed by atoms with Crippen molar-refractivity contribution in [1.82, 2.24) is 10.1 Å². The molecule has 2 unspecified atom stereocenters. The number of hydrogen-bond donors (Lipinski definition) is 2. The number of nitrogens with two attached hydrogens (primary N) is 1. The lowest BCUT2D eigenvalue weighted by atomic mass is 9.93. The fraction of sp³-hybridized carbons (Fsp3) is 0.212. The summed E-state index contributed by atoms with van der Waals surface area (Å²) in [4.78, 5) is 4.45. The van der Waals surface area contributed by atoms with E-state index >= 15 is 0 Å². The topological polar surface area (TPSA) is 111 Å². The molecule has 1 saturated carbocycles. The van der Waals surface area contributed by atoms with Crippen LogP contribution in [0.3, 0.4) is 0 Å². The second-order valence-corrected chi connectivity index (χ2v) is 12.9. The van der Waals surface area contributed by atoms with Crippen molar-refractivity contribution in [3.05, 3.63) is 108 Å². The predicted octanol–water partition coefficient (Wildman–Crippen LogP) is 7.00. The van der Waals surface area contributed by atoms with Gasteiger partial charge < -0.3 is 9.84 Å². The molecule has 3 aromatic carbocycles. The normalized spacial score (nSPS) is 18.3. The number of pyridine rings is 1. The van der Waals surface area contributed by atoms with E-state index in [1.54, 1.807) is 6.20 Å². The summed E-state index contributed by atoms with van der Waals surface area (Å²) in [5, 5.41) is 13.0. The molecule has 0 aliphatic heterocycles. The lowest BCUT2D eigenvalue weighted by Gasteiger charge is -2.13. The summed E-state index contributed by atoms with van der Waals surface area (Å²) >= 11 is 0. The SMILES string of the molecule is Cc1cccc(-c2cncc(Nc3c(C)noc3-c3ccc(-c4ccc(C5(C)CC5CS(N)(=O)=O)cc4)cc3)c2)c1. The van der Waals surface area contributed by atoms with E-state index in [1.165, 1.54) is 5.56 Å². The quantitative estimate of drug-likeness (QED) is 0.210.